The van der Waals surface area contributed by atoms with E-state index < -0.39 is 22.8 Å². The molecular formula is C10H14ClF2NO2. The van der Waals surface area contributed by atoms with Crippen LogP contribution in [-0.2, 0) is 9.53 Å². The van der Waals surface area contributed by atoms with Crippen LogP contribution in [0.3, 0.4) is 0 Å². The number of ether oxygens (including phenoxy) is 1. The molecule has 16 heavy (non-hydrogen) atoms. The van der Waals surface area contributed by atoms with Crippen LogP contribution < -0.4 is 5.32 Å². The predicted octanol–water partition coefficient (Wildman–Crippen LogP) is 1.55. The van der Waals surface area contributed by atoms with Gasteiger partial charge >= 0.3 is 5.97 Å². The summed E-state index contributed by atoms with van der Waals surface area (Å²) in [6.07, 6.45) is 0.291. The summed E-state index contributed by atoms with van der Waals surface area (Å²) in [7, 11) is 1.26. The number of hydrogen-bond acceptors (Lipinski definition) is 3. The third kappa shape index (κ3) is 1.52. The van der Waals surface area contributed by atoms with E-state index in [0.29, 0.717) is 6.42 Å². The molecule has 0 aromatic heterocycles. The number of nitrogens with one attached hydrogen (secondary N) is 1. The van der Waals surface area contributed by atoms with Crippen molar-refractivity contribution in [3.05, 3.63) is 0 Å². The van der Waals surface area contributed by atoms with Gasteiger partial charge < -0.3 is 10.1 Å². The van der Waals surface area contributed by atoms with Crippen molar-refractivity contribution in [2.24, 2.45) is 5.41 Å². The van der Waals surface area contributed by atoms with Crippen molar-refractivity contribution in [1.82, 2.24) is 5.32 Å². The second-order valence-electron chi connectivity index (χ2n) is 4.70. The number of hydrogen-bond donors (Lipinski definition) is 1. The van der Waals surface area contributed by atoms with E-state index in [4.69, 9.17) is 11.6 Å². The smallest absolute Gasteiger partial charge is 0.326 e. The Kier molecular flexibility index (Phi) is 2.66. The fourth-order valence-corrected chi connectivity index (χ4v) is 2.91. The Morgan fingerprint density at radius 3 is 2.50 bits per heavy atom. The monoisotopic (exact) mass is 253 g/mol. The van der Waals surface area contributed by atoms with Gasteiger partial charge in [0.15, 0.2) is 0 Å². The average Bonchev–Trinajstić information content (AvgIpc) is 2.59. The van der Waals surface area contributed by atoms with Crippen molar-refractivity contribution >= 4 is 17.6 Å². The van der Waals surface area contributed by atoms with E-state index >= 15 is 0 Å². The highest BCUT2D eigenvalue weighted by molar-refractivity contribution is 6.18. The summed E-state index contributed by atoms with van der Waals surface area (Å²) < 4.78 is 31.1. The molecule has 0 aromatic carbocycles. The largest absolute Gasteiger partial charge is 0.468 e. The lowest BCUT2D eigenvalue weighted by Gasteiger charge is -2.25. The first-order valence-electron chi connectivity index (χ1n) is 5.19. The van der Waals surface area contributed by atoms with E-state index in [1.807, 2.05) is 0 Å². The molecule has 1 saturated heterocycles. The molecule has 92 valence electrons. The van der Waals surface area contributed by atoms with Crippen molar-refractivity contribution in [2.75, 3.05) is 19.5 Å². The van der Waals surface area contributed by atoms with Crippen LogP contribution in [-0.4, -0.2) is 37.0 Å². The molecule has 1 aliphatic carbocycles. The highest BCUT2D eigenvalue weighted by Gasteiger charge is 2.76. The quantitative estimate of drug-likeness (QED) is 0.613. The summed E-state index contributed by atoms with van der Waals surface area (Å²) in [4.78, 5) is 11.7. The molecule has 1 saturated carbocycles. The molecule has 0 radical (unpaired) electrons. The normalized spacial score (nSPS) is 40.0. The Labute approximate surface area is 97.5 Å². The van der Waals surface area contributed by atoms with Gasteiger partial charge in [0.05, 0.1) is 12.5 Å². The Hall–Kier alpha value is -0.420. The van der Waals surface area contributed by atoms with Gasteiger partial charge in [0.2, 0.25) is 0 Å². The fourth-order valence-electron chi connectivity index (χ4n) is 2.59. The number of carbonyl (C=O) groups is 1. The van der Waals surface area contributed by atoms with Crippen molar-refractivity contribution in [2.45, 2.75) is 30.7 Å². The predicted molar refractivity (Wildman–Crippen MR) is 54.7 cm³/mol. The van der Waals surface area contributed by atoms with Crippen LogP contribution in [0.25, 0.3) is 0 Å². The van der Waals surface area contributed by atoms with Crippen molar-refractivity contribution in [1.29, 1.82) is 0 Å². The van der Waals surface area contributed by atoms with Gasteiger partial charge in [-0.1, -0.05) is 0 Å². The minimum Gasteiger partial charge on any atom is -0.468 e. The van der Waals surface area contributed by atoms with Gasteiger partial charge in [0.1, 0.15) is 5.54 Å². The fraction of sp³-hybridized carbons (Fsp3) is 0.900. The van der Waals surface area contributed by atoms with Crippen LogP contribution in [0, 0.1) is 5.41 Å². The molecule has 3 nitrogen and oxygen atoms in total. The van der Waals surface area contributed by atoms with Gasteiger partial charge in [-0.25, -0.2) is 8.78 Å². The standard InChI is InChI=1S/C10H14ClF2NO2/c1-16-7(15)9(2-3-11)4-8(6-14-9)5-10(8,12)13/h14H,2-6H2,1H3. The zero-order valence-corrected chi connectivity index (χ0v) is 9.74. The summed E-state index contributed by atoms with van der Waals surface area (Å²) in [6, 6.07) is 0. The minimum absolute atomic E-state index is 0.117. The maximum atomic E-state index is 13.2. The molecule has 6 heteroatoms. The van der Waals surface area contributed by atoms with E-state index in [1.54, 1.807) is 0 Å². The van der Waals surface area contributed by atoms with Crippen LogP contribution >= 0.6 is 11.6 Å². The summed E-state index contributed by atoms with van der Waals surface area (Å²) in [5.41, 5.74) is -2.07. The molecule has 2 atom stereocenters. The summed E-state index contributed by atoms with van der Waals surface area (Å²) in [5.74, 6) is -2.90. The van der Waals surface area contributed by atoms with Gasteiger partial charge in [0.25, 0.3) is 5.92 Å². The number of carbonyl (C=O) groups excluding carboxylic acids is 1. The molecule has 1 heterocycles. The van der Waals surface area contributed by atoms with Gasteiger partial charge in [-0.05, 0) is 12.8 Å². The molecule has 2 fully saturated rings. The molecular weight excluding hydrogens is 240 g/mol. The van der Waals surface area contributed by atoms with Gasteiger partial charge in [0, 0.05) is 18.8 Å². The molecule has 0 amide bonds. The van der Waals surface area contributed by atoms with E-state index in [-0.39, 0.29) is 25.3 Å². The average molecular weight is 254 g/mol. The molecule has 1 spiro atoms. The molecule has 1 aliphatic heterocycles. The van der Waals surface area contributed by atoms with Crippen LogP contribution in [0.15, 0.2) is 0 Å². The molecule has 2 rings (SSSR count). The zero-order valence-electron chi connectivity index (χ0n) is 8.99. The third-order valence-electron chi connectivity index (χ3n) is 3.71. The zero-order chi connectivity index (χ0) is 12.0. The van der Waals surface area contributed by atoms with E-state index in [9.17, 15) is 13.6 Å². The van der Waals surface area contributed by atoms with E-state index in [1.165, 1.54) is 7.11 Å². The first-order valence-corrected chi connectivity index (χ1v) is 5.72. The Morgan fingerprint density at radius 1 is 1.50 bits per heavy atom. The number of esters is 1. The van der Waals surface area contributed by atoms with Crippen LogP contribution in [0.5, 0.6) is 0 Å². The number of halogens is 3. The Balaban J connectivity index is 2.16. The molecule has 0 aromatic rings. The van der Waals surface area contributed by atoms with E-state index in [2.05, 4.69) is 10.1 Å². The van der Waals surface area contributed by atoms with Gasteiger partial charge in [-0.15, -0.1) is 11.6 Å². The third-order valence-corrected chi connectivity index (χ3v) is 3.90. The Morgan fingerprint density at radius 2 is 2.12 bits per heavy atom. The minimum atomic E-state index is -2.65. The first-order chi connectivity index (χ1) is 7.41. The Bertz CT molecular complexity index is 326. The van der Waals surface area contributed by atoms with Crippen LogP contribution in [0.2, 0.25) is 0 Å². The topological polar surface area (TPSA) is 38.3 Å². The summed E-state index contributed by atoms with van der Waals surface area (Å²) in [5, 5.41) is 2.89. The SMILES string of the molecule is COC(=O)C1(CCCl)CC2(CN1)CC2(F)F. The lowest BCUT2D eigenvalue weighted by molar-refractivity contribution is -0.148. The van der Waals surface area contributed by atoms with Crippen LogP contribution in [0.1, 0.15) is 19.3 Å². The van der Waals surface area contributed by atoms with Crippen molar-refractivity contribution in [3.63, 3.8) is 0 Å². The van der Waals surface area contributed by atoms with Crippen molar-refractivity contribution < 1.29 is 18.3 Å². The summed E-state index contributed by atoms with van der Waals surface area (Å²) in [6.45, 7) is 0.159. The van der Waals surface area contributed by atoms with Gasteiger partial charge in [-0.2, -0.15) is 0 Å². The molecule has 2 unspecified atom stereocenters. The molecule has 1 N–H and O–H groups in total. The maximum absolute atomic E-state index is 13.2. The lowest BCUT2D eigenvalue weighted by Crippen LogP contribution is -2.48. The highest BCUT2D eigenvalue weighted by atomic mass is 35.5. The molecule has 2 aliphatic rings. The van der Waals surface area contributed by atoms with Gasteiger partial charge in [-0.3, -0.25) is 4.79 Å². The summed E-state index contributed by atoms with van der Waals surface area (Å²) >= 11 is 5.62. The number of methoxy groups -OCH3 is 1. The molecule has 0 bridgehead atoms. The first kappa shape index (κ1) is 12.0. The number of alkyl halides is 3. The van der Waals surface area contributed by atoms with E-state index in [0.717, 1.165) is 0 Å². The number of rotatable bonds is 3. The van der Waals surface area contributed by atoms with Crippen molar-refractivity contribution in [3.8, 4) is 0 Å². The highest BCUT2D eigenvalue weighted by Crippen LogP contribution is 2.66. The maximum Gasteiger partial charge on any atom is 0.326 e. The van der Waals surface area contributed by atoms with Crippen LogP contribution in [0.4, 0.5) is 8.78 Å². The lowest BCUT2D eigenvalue weighted by atomic mass is 9.88. The second kappa shape index (κ2) is 3.53. The second-order valence-corrected chi connectivity index (χ2v) is 5.08.